The van der Waals surface area contributed by atoms with Crippen LogP contribution in [0.15, 0.2) is 24.3 Å². The van der Waals surface area contributed by atoms with Gasteiger partial charge in [0.25, 0.3) is 0 Å². The second-order valence-corrected chi connectivity index (χ2v) is 5.80. The highest BCUT2D eigenvalue weighted by atomic mass is 17.5. The minimum Gasteiger partial charge on any atom is -0.432 e. The van der Waals surface area contributed by atoms with Crippen LogP contribution in [0.1, 0.15) is 56.5 Å². The fraction of sp³-hybridized carbons (Fsp3) is 0.500. The monoisotopic (exact) mass is 310 g/mol. The molecule has 0 heterocycles. The first-order valence-corrected chi connectivity index (χ1v) is 7.17. The minimum absolute atomic E-state index is 0.00963. The van der Waals surface area contributed by atoms with E-state index in [1.807, 2.05) is 19.1 Å². The van der Waals surface area contributed by atoms with Gasteiger partial charge in [-0.3, -0.25) is 4.89 Å². The Morgan fingerprint density at radius 2 is 1.68 bits per heavy atom. The Kier molecular flexibility index (Phi) is 6.85. The van der Waals surface area contributed by atoms with Crippen LogP contribution in [0.25, 0.3) is 0 Å². The summed E-state index contributed by atoms with van der Waals surface area (Å²) in [5.41, 5.74) is 1.36. The fourth-order valence-corrected chi connectivity index (χ4v) is 1.55. The number of hydrogen-bond acceptors (Lipinski definition) is 6. The molecule has 0 unspecified atom stereocenters. The van der Waals surface area contributed by atoms with Gasteiger partial charge in [0.2, 0.25) is 0 Å². The van der Waals surface area contributed by atoms with Crippen LogP contribution < -0.4 is 0 Å². The molecule has 6 heteroatoms. The lowest BCUT2D eigenvalue weighted by atomic mass is 9.87. The molecule has 22 heavy (non-hydrogen) atoms. The number of rotatable bonds is 6. The van der Waals surface area contributed by atoms with Crippen molar-refractivity contribution in [3.63, 3.8) is 0 Å². The zero-order valence-electron chi connectivity index (χ0n) is 13.4. The third-order valence-electron chi connectivity index (χ3n) is 2.92. The topological polar surface area (TPSA) is 71.1 Å². The molecule has 1 aromatic rings. The van der Waals surface area contributed by atoms with Crippen LogP contribution >= 0.6 is 0 Å². The van der Waals surface area contributed by atoms with E-state index in [1.54, 1.807) is 12.1 Å². The van der Waals surface area contributed by atoms with E-state index in [2.05, 4.69) is 40.3 Å². The Balaban J connectivity index is 2.38. The Morgan fingerprint density at radius 1 is 1.05 bits per heavy atom. The molecule has 0 aliphatic heterocycles. The van der Waals surface area contributed by atoms with Crippen LogP contribution in [0.3, 0.4) is 0 Å². The molecule has 6 nitrogen and oxygen atoms in total. The van der Waals surface area contributed by atoms with Gasteiger partial charge in [0.05, 0.1) is 17.2 Å². The van der Waals surface area contributed by atoms with Crippen LogP contribution in [0.2, 0.25) is 0 Å². The van der Waals surface area contributed by atoms with E-state index in [9.17, 15) is 9.59 Å². The average molecular weight is 310 g/mol. The van der Waals surface area contributed by atoms with Crippen molar-refractivity contribution in [3.8, 4) is 0 Å². The number of hydrogen-bond donors (Lipinski definition) is 0. The second-order valence-electron chi connectivity index (χ2n) is 5.80. The van der Waals surface area contributed by atoms with E-state index in [1.165, 1.54) is 0 Å². The van der Waals surface area contributed by atoms with Crippen molar-refractivity contribution >= 4 is 12.1 Å². The molecule has 0 saturated carbocycles. The molecule has 0 N–H and O–H groups in total. The third kappa shape index (κ3) is 6.13. The molecule has 1 rings (SSSR count). The number of unbranched alkanes of at least 4 members (excludes halogenated alkanes) is 1. The summed E-state index contributed by atoms with van der Waals surface area (Å²) in [6.07, 6.45) is 0.548. The summed E-state index contributed by atoms with van der Waals surface area (Å²) in [7, 11) is 0. The highest BCUT2D eigenvalue weighted by Crippen LogP contribution is 2.22. The Morgan fingerprint density at radius 3 is 2.23 bits per heavy atom. The Bertz CT molecular complexity index is 486. The van der Waals surface area contributed by atoms with Gasteiger partial charge in [-0.1, -0.05) is 46.2 Å². The quantitative estimate of drug-likeness (QED) is 0.343. The number of ether oxygens (including phenoxy) is 1. The molecule has 0 atom stereocenters. The lowest BCUT2D eigenvalue weighted by Gasteiger charge is -2.18. The highest BCUT2D eigenvalue weighted by molar-refractivity contribution is 5.88. The van der Waals surface area contributed by atoms with Crippen molar-refractivity contribution in [2.45, 2.75) is 46.0 Å². The van der Waals surface area contributed by atoms with E-state index in [-0.39, 0.29) is 17.6 Å². The molecule has 0 bridgehead atoms. The van der Waals surface area contributed by atoms with E-state index < -0.39 is 12.1 Å². The van der Waals surface area contributed by atoms with Crippen LogP contribution in [0, 0.1) is 0 Å². The van der Waals surface area contributed by atoms with Gasteiger partial charge < -0.3 is 4.74 Å². The van der Waals surface area contributed by atoms with Gasteiger partial charge in [-0.05, 0) is 29.5 Å². The molecule has 0 spiro atoms. The number of benzene rings is 1. The molecular formula is C16H22O6. The Labute approximate surface area is 130 Å². The van der Waals surface area contributed by atoms with Gasteiger partial charge in [0.15, 0.2) is 0 Å². The van der Waals surface area contributed by atoms with E-state index in [0.29, 0.717) is 0 Å². The summed E-state index contributed by atoms with van der Waals surface area (Å²) in [6, 6.07) is 6.89. The van der Waals surface area contributed by atoms with Gasteiger partial charge in [0.1, 0.15) is 0 Å². The Hall–Kier alpha value is -2.08. The van der Waals surface area contributed by atoms with Crippen molar-refractivity contribution in [1.82, 2.24) is 0 Å². The zero-order chi connectivity index (χ0) is 16.6. The van der Waals surface area contributed by atoms with Crippen molar-refractivity contribution in [3.05, 3.63) is 35.4 Å². The molecular weight excluding hydrogens is 288 g/mol. The van der Waals surface area contributed by atoms with Gasteiger partial charge in [-0.25, -0.2) is 14.5 Å². The van der Waals surface area contributed by atoms with Gasteiger partial charge in [-0.2, -0.15) is 0 Å². The largest absolute Gasteiger partial charge is 0.543 e. The highest BCUT2D eigenvalue weighted by Gasteiger charge is 2.16. The van der Waals surface area contributed by atoms with Gasteiger partial charge >= 0.3 is 12.1 Å². The first-order valence-electron chi connectivity index (χ1n) is 7.17. The van der Waals surface area contributed by atoms with Crippen LogP contribution in [0.5, 0.6) is 0 Å². The molecule has 1 aromatic carbocycles. The molecule has 0 aliphatic rings. The molecule has 122 valence electrons. The van der Waals surface area contributed by atoms with Crippen LogP contribution in [0.4, 0.5) is 4.79 Å². The van der Waals surface area contributed by atoms with Crippen molar-refractivity contribution in [2.75, 3.05) is 6.61 Å². The summed E-state index contributed by atoms with van der Waals surface area (Å²) in [5, 5.41) is 4.12. The number of carbonyl (C=O) groups excluding carboxylic acids is 2. The zero-order valence-corrected chi connectivity index (χ0v) is 13.4. The molecule has 0 aromatic heterocycles. The van der Waals surface area contributed by atoms with Crippen molar-refractivity contribution in [2.24, 2.45) is 0 Å². The fourth-order valence-electron chi connectivity index (χ4n) is 1.55. The summed E-state index contributed by atoms with van der Waals surface area (Å²) in [6.45, 7) is 8.39. The first-order chi connectivity index (χ1) is 10.3. The lowest BCUT2D eigenvalue weighted by Crippen LogP contribution is -2.14. The maximum atomic E-state index is 11.7. The van der Waals surface area contributed by atoms with Crippen molar-refractivity contribution < 1.29 is 29.1 Å². The maximum Gasteiger partial charge on any atom is 0.543 e. The van der Waals surface area contributed by atoms with Crippen LogP contribution in [-0.2, 0) is 25.0 Å². The molecule has 0 radical (unpaired) electrons. The van der Waals surface area contributed by atoms with E-state index in [4.69, 9.17) is 0 Å². The minimum atomic E-state index is -1.05. The SMILES string of the molecule is CCCCOC(=O)OOOC(=O)c1ccc(C(C)(C)C)cc1. The lowest BCUT2D eigenvalue weighted by molar-refractivity contribution is -0.452. The summed E-state index contributed by atoms with van der Waals surface area (Å²) in [4.78, 5) is 31.2. The smallest absolute Gasteiger partial charge is 0.432 e. The normalized spacial score (nSPS) is 10.9. The first kappa shape index (κ1) is 18.0. The van der Waals surface area contributed by atoms with E-state index in [0.717, 1.165) is 18.4 Å². The molecule has 0 fully saturated rings. The number of carbonyl (C=O) groups is 2. The van der Waals surface area contributed by atoms with Gasteiger partial charge in [0, 0.05) is 0 Å². The van der Waals surface area contributed by atoms with Crippen molar-refractivity contribution in [1.29, 1.82) is 0 Å². The summed E-state index contributed by atoms with van der Waals surface area (Å²) >= 11 is 0. The average Bonchev–Trinajstić information content (AvgIpc) is 2.46. The summed E-state index contributed by atoms with van der Waals surface area (Å²) in [5.74, 6) is -0.762. The van der Waals surface area contributed by atoms with Crippen LogP contribution in [-0.4, -0.2) is 18.7 Å². The summed E-state index contributed by atoms with van der Waals surface area (Å²) < 4.78 is 4.65. The predicted molar refractivity (Wildman–Crippen MR) is 79.0 cm³/mol. The van der Waals surface area contributed by atoms with Gasteiger partial charge in [-0.15, -0.1) is 0 Å². The standard InChI is InChI=1S/C16H22O6/c1-5-6-11-19-15(18)21-22-20-14(17)12-7-9-13(10-8-12)16(2,3)4/h7-10H,5-6,11H2,1-4H3. The second kappa shape index (κ2) is 8.38. The molecule has 0 aliphatic carbocycles. The molecule has 0 amide bonds. The third-order valence-corrected chi connectivity index (χ3v) is 2.92. The predicted octanol–water partition coefficient (Wildman–Crippen LogP) is 3.94. The molecule has 0 saturated heterocycles. The maximum absolute atomic E-state index is 11.7. The van der Waals surface area contributed by atoms with E-state index >= 15 is 0 Å².